The Hall–Kier alpha value is -1.00. The van der Waals surface area contributed by atoms with E-state index in [0.29, 0.717) is 0 Å². The standard InChI is InChI=1S/C15H20N2OS/c1-17-9-8-14(15(17)18)19-13-6-2-11(3-7-13)10-16-12-4-5-12/h2-3,6-7,12,14,16H,4-5,8-10H2,1H3. The molecule has 1 saturated heterocycles. The molecule has 2 aliphatic rings. The predicted octanol–water partition coefficient (Wildman–Crippen LogP) is 2.26. The fourth-order valence-electron chi connectivity index (χ4n) is 2.30. The van der Waals surface area contributed by atoms with Crippen molar-refractivity contribution < 1.29 is 4.79 Å². The molecule has 3 nitrogen and oxygen atoms in total. The van der Waals surface area contributed by atoms with Gasteiger partial charge in [0.1, 0.15) is 0 Å². The van der Waals surface area contributed by atoms with E-state index in [-0.39, 0.29) is 11.2 Å². The lowest BCUT2D eigenvalue weighted by atomic mass is 10.2. The highest BCUT2D eigenvalue weighted by atomic mass is 32.2. The van der Waals surface area contributed by atoms with Crippen LogP contribution in [0.2, 0.25) is 0 Å². The van der Waals surface area contributed by atoms with E-state index >= 15 is 0 Å². The number of rotatable bonds is 5. The van der Waals surface area contributed by atoms with Gasteiger partial charge in [-0.2, -0.15) is 0 Å². The quantitative estimate of drug-likeness (QED) is 0.895. The van der Waals surface area contributed by atoms with Gasteiger partial charge in [0.2, 0.25) is 5.91 Å². The van der Waals surface area contributed by atoms with Gasteiger partial charge in [0.25, 0.3) is 0 Å². The zero-order valence-electron chi connectivity index (χ0n) is 11.3. The summed E-state index contributed by atoms with van der Waals surface area (Å²) in [6, 6.07) is 9.36. The summed E-state index contributed by atoms with van der Waals surface area (Å²) in [5.41, 5.74) is 1.33. The predicted molar refractivity (Wildman–Crippen MR) is 78.2 cm³/mol. The number of amides is 1. The number of nitrogens with zero attached hydrogens (tertiary/aromatic N) is 1. The Morgan fingerprint density at radius 3 is 2.58 bits per heavy atom. The first kappa shape index (κ1) is 13.0. The van der Waals surface area contributed by atoms with Crippen LogP contribution in [0.4, 0.5) is 0 Å². The second-order valence-electron chi connectivity index (χ2n) is 5.45. The van der Waals surface area contributed by atoms with Crippen molar-refractivity contribution in [1.29, 1.82) is 0 Å². The number of benzene rings is 1. The van der Waals surface area contributed by atoms with Crippen LogP contribution in [0.3, 0.4) is 0 Å². The molecule has 0 spiro atoms. The highest BCUT2D eigenvalue weighted by Crippen LogP contribution is 2.30. The van der Waals surface area contributed by atoms with Gasteiger partial charge < -0.3 is 10.2 Å². The lowest BCUT2D eigenvalue weighted by Crippen LogP contribution is -2.23. The van der Waals surface area contributed by atoms with Gasteiger partial charge in [0, 0.05) is 31.1 Å². The van der Waals surface area contributed by atoms with Crippen molar-refractivity contribution in [3.8, 4) is 0 Å². The molecule has 19 heavy (non-hydrogen) atoms. The van der Waals surface area contributed by atoms with Gasteiger partial charge in [-0.1, -0.05) is 12.1 Å². The number of carbonyl (C=O) groups is 1. The minimum atomic E-state index is 0.112. The van der Waals surface area contributed by atoms with E-state index in [0.717, 1.165) is 25.6 Å². The van der Waals surface area contributed by atoms with E-state index in [1.54, 1.807) is 11.8 Å². The Balaban J connectivity index is 1.54. The molecular weight excluding hydrogens is 256 g/mol. The third kappa shape index (κ3) is 3.31. The van der Waals surface area contributed by atoms with Gasteiger partial charge in [0.15, 0.2) is 0 Å². The summed E-state index contributed by atoms with van der Waals surface area (Å²) in [5, 5.41) is 3.62. The number of likely N-dealkylation sites (tertiary alicyclic amines) is 1. The molecule has 1 aliphatic carbocycles. The minimum absolute atomic E-state index is 0.112. The zero-order chi connectivity index (χ0) is 13.2. The first-order valence-electron chi connectivity index (χ1n) is 6.96. The Morgan fingerprint density at radius 2 is 2.00 bits per heavy atom. The molecular formula is C15H20N2OS. The first-order chi connectivity index (χ1) is 9.22. The van der Waals surface area contributed by atoms with Crippen LogP contribution in [-0.4, -0.2) is 35.7 Å². The van der Waals surface area contributed by atoms with Crippen LogP contribution >= 0.6 is 11.8 Å². The molecule has 3 rings (SSSR count). The van der Waals surface area contributed by atoms with Crippen molar-refractivity contribution in [3.05, 3.63) is 29.8 Å². The van der Waals surface area contributed by atoms with E-state index in [4.69, 9.17) is 0 Å². The maximum Gasteiger partial charge on any atom is 0.235 e. The molecule has 0 bridgehead atoms. The normalized spacial score (nSPS) is 23.1. The fourth-order valence-corrected chi connectivity index (χ4v) is 3.43. The van der Waals surface area contributed by atoms with Crippen molar-refractivity contribution in [2.75, 3.05) is 13.6 Å². The molecule has 1 saturated carbocycles. The molecule has 102 valence electrons. The van der Waals surface area contributed by atoms with E-state index in [2.05, 4.69) is 29.6 Å². The van der Waals surface area contributed by atoms with Crippen LogP contribution in [0.25, 0.3) is 0 Å². The summed E-state index contributed by atoms with van der Waals surface area (Å²) in [5.74, 6) is 0.268. The van der Waals surface area contributed by atoms with Gasteiger partial charge in [-0.3, -0.25) is 4.79 Å². The van der Waals surface area contributed by atoms with Crippen molar-refractivity contribution in [2.45, 2.75) is 42.0 Å². The van der Waals surface area contributed by atoms with E-state index in [9.17, 15) is 4.79 Å². The molecule has 1 atom stereocenters. The molecule has 1 aromatic rings. The fraction of sp³-hybridized carbons (Fsp3) is 0.533. The van der Waals surface area contributed by atoms with E-state index < -0.39 is 0 Å². The van der Waals surface area contributed by atoms with Gasteiger partial charge >= 0.3 is 0 Å². The molecule has 4 heteroatoms. The molecule has 1 amide bonds. The molecule has 0 radical (unpaired) electrons. The lowest BCUT2D eigenvalue weighted by molar-refractivity contribution is -0.126. The van der Waals surface area contributed by atoms with Crippen LogP contribution in [0.15, 0.2) is 29.2 Å². The maximum absolute atomic E-state index is 11.9. The summed E-state index contributed by atoms with van der Waals surface area (Å²) in [6.07, 6.45) is 3.61. The number of nitrogens with one attached hydrogen (secondary N) is 1. The van der Waals surface area contributed by atoms with Gasteiger partial charge in [0.05, 0.1) is 5.25 Å². The SMILES string of the molecule is CN1CCC(Sc2ccc(CNC3CC3)cc2)C1=O. The molecule has 0 aromatic heterocycles. The summed E-state index contributed by atoms with van der Waals surface area (Å²) < 4.78 is 0. The van der Waals surface area contributed by atoms with E-state index in [1.807, 2.05) is 11.9 Å². The monoisotopic (exact) mass is 276 g/mol. The second kappa shape index (κ2) is 5.55. The minimum Gasteiger partial charge on any atom is -0.345 e. The molecule has 1 unspecified atom stereocenters. The first-order valence-corrected chi connectivity index (χ1v) is 7.84. The van der Waals surface area contributed by atoms with Crippen LogP contribution < -0.4 is 5.32 Å². The van der Waals surface area contributed by atoms with Gasteiger partial charge in [-0.15, -0.1) is 11.8 Å². The Kier molecular flexibility index (Phi) is 3.80. The topological polar surface area (TPSA) is 32.3 Å². The molecule has 2 fully saturated rings. The van der Waals surface area contributed by atoms with Crippen LogP contribution in [0.1, 0.15) is 24.8 Å². The number of hydrogen-bond donors (Lipinski definition) is 1. The summed E-state index contributed by atoms with van der Waals surface area (Å²) in [4.78, 5) is 14.9. The highest BCUT2D eigenvalue weighted by Gasteiger charge is 2.29. The Labute approximate surface area is 118 Å². The average molecular weight is 276 g/mol. The molecule has 1 aliphatic heterocycles. The molecule has 1 aromatic carbocycles. The van der Waals surface area contributed by atoms with Crippen molar-refractivity contribution in [1.82, 2.24) is 10.2 Å². The van der Waals surface area contributed by atoms with Crippen molar-refractivity contribution in [2.24, 2.45) is 0 Å². The van der Waals surface area contributed by atoms with Crippen molar-refractivity contribution in [3.63, 3.8) is 0 Å². The second-order valence-corrected chi connectivity index (χ2v) is 6.73. The van der Waals surface area contributed by atoms with E-state index in [1.165, 1.54) is 23.3 Å². The number of hydrogen-bond acceptors (Lipinski definition) is 3. The highest BCUT2D eigenvalue weighted by molar-refractivity contribution is 8.00. The maximum atomic E-state index is 11.9. The van der Waals surface area contributed by atoms with Crippen LogP contribution in [0, 0.1) is 0 Å². The largest absolute Gasteiger partial charge is 0.345 e. The number of thioether (sulfide) groups is 1. The summed E-state index contributed by atoms with van der Waals surface area (Å²) >= 11 is 1.70. The third-order valence-electron chi connectivity index (χ3n) is 3.75. The van der Waals surface area contributed by atoms with Crippen molar-refractivity contribution >= 4 is 17.7 Å². The Morgan fingerprint density at radius 1 is 1.26 bits per heavy atom. The smallest absolute Gasteiger partial charge is 0.235 e. The molecule has 1 heterocycles. The Bertz CT molecular complexity index is 456. The third-order valence-corrected chi connectivity index (χ3v) is 5.02. The molecule has 1 N–H and O–H groups in total. The van der Waals surface area contributed by atoms with Gasteiger partial charge in [-0.05, 0) is 37.0 Å². The summed E-state index contributed by atoms with van der Waals surface area (Å²) in [7, 11) is 1.88. The average Bonchev–Trinajstić information content (AvgIpc) is 3.20. The number of carbonyl (C=O) groups excluding carboxylic acids is 1. The lowest BCUT2D eigenvalue weighted by Gasteiger charge is -2.10. The van der Waals surface area contributed by atoms with Crippen LogP contribution in [-0.2, 0) is 11.3 Å². The van der Waals surface area contributed by atoms with Crippen LogP contribution in [0.5, 0.6) is 0 Å². The zero-order valence-corrected chi connectivity index (χ0v) is 12.1. The summed E-state index contributed by atoms with van der Waals surface area (Å²) in [6.45, 7) is 1.85. The van der Waals surface area contributed by atoms with Gasteiger partial charge in [-0.25, -0.2) is 0 Å².